The summed E-state index contributed by atoms with van der Waals surface area (Å²) in [6.07, 6.45) is -0.344. The number of anilines is 3. The Balaban J connectivity index is 1.58. The number of carbonyl (C=O) groups is 3. The molecular weight excluding hydrogens is 538 g/mol. The molecule has 2 aliphatic heterocycles. The molecule has 2 aromatic rings. The Morgan fingerprint density at radius 2 is 2.03 bits per heavy atom. The average Bonchev–Trinajstić information content (AvgIpc) is 3.50. The number of hydrogen-bond acceptors (Lipinski definition) is 9. The molecule has 4 rings (SSSR count). The smallest absolute Gasteiger partial charge is 0.442 e. The van der Waals surface area contributed by atoms with Crippen molar-refractivity contribution in [2.24, 2.45) is 0 Å². The van der Waals surface area contributed by atoms with Gasteiger partial charge in [0.25, 0.3) is 0 Å². The van der Waals surface area contributed by atoms with Gasteiger partial charge in [0, 0.05) is 45.4 Å². The van der Waals surface area contributed by atoms with E-state index in [0.29, 0.717) is 15.6 Å². The van der Waals surface area contributed by atoms with Crippen molar-refractivity contribution in [2.75, 3.05) is 48.2 Å². The van der Waals surface area contributed by atoms with Crippen molar-refractivity contribution in [1.82, 2.24) is 10.1 Å². The van der Waals surface area contributed by atoms with Gasteiger partial charge in [-0.2, -0.15) is 0 Å². The first-order valence-corrected chi connectivity index (χ1v) is 12.5. The van der Waals surface area contributed by atoms with Crippen molar-refractivity contribution < 1.29 is 50.8 Å². The van der Waals surface area contributed by atoms with Crippen LogP contribution in [0.5, 0.6) is 0 Å². The van der Waals surface area contributed by atoms with Gasteiger partial charge in [-0.25, -0.2) is 32.0 Å². The second-order valence-corrected chi connectivity index (χ2v) is 10.0. The number of aromatic nitrogens is 1. The summed E-state index contributed by atoms with van der Waals surface area (Å²) in [6, 6.07) is 1.78. The van der Waals surface area contributed by atoms with E-state index in [4.69, 9.17) is 4.74 Å². The molecule has 38 heavy (non-hydrogen) atoms. The molecule has 0 aliphatic carbocycles. The first kappa shape index (κ1) is 27.0. The summed E-state index contributed by atoms with van der Waals surface area (Å²) in [5, 5.41) is 3.54. The Labute approximate surface area is 213 Å². The lowest BCUT2D eigenvalue weighted by atomic mass is 10.1. The van der Waals surface area contributed by atoms with Crippen LogP contribution < -0.4 is 14.5 Å². The molecule has 17 heteroatoms. The van der Waals surface area contributed by atoms with E-state index in [9.17, 15) is 32.6 Å². The highest BCUT2D eigenvalue weighted by molar-refractivity contribution is 7.55. The Hall–Kier alpha value is -4.04. The summed E-state index contributed by atoms with van der Waals surface area (Å²) in [7, 11) is -2.38. The number of ether oxygens (including phenoxy) is 1. The summed E-state index contributed by atoms with van der Waals surface area (Å²) in [4.78, 5) is 48.8. The van der Waals surface area contributed by atoms with Crippen LogP contribution in [0, 0.1) is 17.5 Å². The lowest BCUT2D eigenvalue weighted by Gasteiger charge is -2.27. The third-order valence-corrected chi connectivity index (χ3v) is 6.91. The van der Waals surface area contributed by atoms with Crippen molar-refractivity contribution in [1.29, 1.82) is 0 Å². The molecule has 1 aromatic carbocycles. The minimum atomic E-state index is -4.94. The fourth-order valence-corrected chi connectivity index (χ4v) is 4.90. The number of benzene rings is 1. The van der Waals surface area contributed by atoms with Gasteiger partial charge < -0.3 is 23.6 Å². The highest BCUT2D eigenvalue weighted by Gasteiger charge is 2.43. The molecule has 0 spiro atoms. The molecule has 0 bridgehead atoms. The lowest BCUT2D eigenvalue weighted by Crippen LogP contribution is -2.35. The van der Waals surface area contributed by atoms with Gasteiger partial charge in [0.15, 0.2) is 29.1 Å². The zero-order valence-corrected chi connectivity index (χ0v) is 20.8. The number of allylic oxidation sites excluding steroid dienone is 1. The third-order valence-electron chi connectivity index (χ3n) is 5.54. The largest absolute Gasteiger partial charge is 0.491 e. The predicted octanol–water partition coefficient (Wildman–Crippen LogP) is 3.02. The fourth-order valence-electron chi connectivity index (χ4n) is 3.69. The molecule has 13 nitrogen and oxygen atoms in total. The quantitative estimate of drug-likeness (QED) is 0.395. The summed E-state index contributed by atoms with van der Waals surface area (Å²) >= 11 is 0. The van der Waals surface area contributed by atoms with Crippen molar-refractivity contribution in [3.05, 3.63) is 48.1 Å². The van der Waals surface area contributed by atoms with Crippen LogP contribution in [0.4, 0.5) is 40.0 Å². The van der Waals surface area contributed by atoms with E-state index < -0.39 is 68.0 Å². The van der Waals surface area contributed by atoms with Gasteiger partial charge in [0.1, 0.15) is 18.1 Å². The number of halogens is 3. The third kappa shape index (κ3) is 5.31. The Morgan fingerprint density at radius 3 is 2.63 bits per heavy atom. The van der Waals surface area contributed by atoms with Crippen molar-refractivity contribution in [3.8, 4) is 0 Å². The first-order valence-electron chi connectivity index (χ1n) is 10.9. The van der Waals surface area contributed by atoms with Crippen molar-refractivity contribution in [2.45, 2.75) is 12.5 Å². The van der Waals surface area contributed by atoms with Crippen LogP contribution in [0.2, 0.25) is 0 Å². The first-order chi connectivity index (χ1) is 17.9. The van der Waals surface area contributed by atoms with Gasteiger partial charge in [0.2, 0.25) is 0 Å². The molecule has 0 radical (unpaired) electrons. The van der Waals surface area contributed by atoms with E-state index in [-0.39, 0.29) is 24.6 Å². The normalized spacial score (nSPS) is 18.8. The van der Waals surface area contributed by atoms with Gasteiger partial charge in [0.05, 0.1) is 18.8 Å². The second kappa shape index (κ2) is 10.4. The molecular formula is C21H21F3N5O8P. The Kier molecular flexibility index (Phi) is 7.37. The molecule has 204 valence electrons. The van der Waals surface area contributed by atoms with Gasteiger partial charge in [-0.05, 0) is 6.08 Å². The average molecular weight is 559 g/mol. The SMILES string of the molecule is CN(C)C(=O)OP(=O)(O)N(C[C@H]1CN(c2cc(F)c(N3C=CC(=O)CC3)c(F)c2F)C(=O)O1)c1ccon1. The highest BCUT2D eigenvalue weighted by atomic mass is 31.2. The zero-order valence-electron chi connectivity index (χ0n) is 19.9. The molecule has 2 aliphatic rings. The summed E-state index contributed by atoms with van der Waals surface area (Å²) in [6.45, 7) is -1.17. The minimum absolute atomic E-state index is 0.0283. The lowest BCUT2D eigenvalue weighted by molar-refractivity contribution is -0.114. The fraction of sp³-hybridized carbons (Fsp3) is 0.333. The Bertz CT molecular complexity index is 1340. The van der Waals surface area contributed by atoms with Crippen molar-refractivity contribution >= 4 is 42.9 Å². The topological polar surface area (TPSA) is 146 Å². The van der Waals surface area contributed by atoms with Crippen molar-refractivity contribution in [3.63, 3.8) is 0 Å². The van der Waals surface area contributed by atoms with Crippen LogP contribution in [0.15, 0.2) is 35.2 Å². The van der Waals surface area contributed by atoms with Crippen LogP contribution in [0.25, 0.3) is 0 Å². The number of ketones is 1. The van der Waals surface area contributed by atoms with Gasteiger partial charge >= 0.3 is 19.9 Å². The summed E-state index contributed by atoms with van der Waals surface area (Å²) in [5.74, 6) is -4.85. The van der Waals surface area contributed by atoms with Crippen LogP contribution in [0.3, 0.4) is 0 Å². The number of nitrogens with zero attached hydrogens (tertiary/aromatic N) is 5. The predicted molar refractivity (Wildman–Crippen MR) is 124 cm³/mol. The number of hydrogen-bond donors (Lipinski definition) is 1. The molecule has 3 heterocycles. The second-order valence-electron chi connectivity index (χ2n) is 8.38. The van der Waals surface area contributed by atoms with E-state index in [1.807, 2.05) is 0 Å². The molecule has 2 amide bonds. The molecule has 1 aromatic heterocycles. The van der Waals surface area contributed by atoms with E-state index in [0.717, 1.165) is 28.3 Å². The maximum Gasteiger partial charge on any atom is 0.491 e. The monoisotopic (exact) mass is 559 g/mol. The molecule has 1 fully saturated rings. The number of rotatable bonds is 7. The van der Waals surface area contributed by atoms with Crippen LogP contribution in [0.1, 0.15) is 6.42 Å². The highest BCUT2D eigenvalue weighted by Crippen LogP contribution is 2.49. The molecule has 0 saturated carbocycles. The van der Waals surface area contributed by atoms with Gasteiger partial charge in [-0.15, -0.1) is 0 Å². The van der Waals surface area contributed by atoms with Crippen LogP contribution in [-0.2, 0) is 18.6 Å². The maximum atomic E-state index is 15.0. The number of amides is 2. The molecule has 1 saturated heterocycles. The van der Waals surface area contributed by atoms with Crippen LogP contribution in [-0.4, -0.2) is 72.8 Å². The molecule has 1 unspecified atom stereocenters. The Morgan fingerprint density at radius 1 is 1.29 bits per heavy atom. The summed E-state index contributed by atoms with van der Waals surface area (Å²) < 4.78 is 72.8. The number of carbonyl (C=O) groups excluding carboxylic acids is 3. The van der Waals surface area contributed by atoms with E-state index >= 15 is 4.39 Å². The maximum absolute atomic E-state index is 15.0. The van der Waals surface area contributed by atoms with E-state index in [1.54, 1.807) is 0 Å². The van der Waals surface area contributed by atoms with E-state index in [1.165, 1.54) is 20.2 Å². The van der Waals surface area contributed by atoms with Gasteiger partial charge in [-0.1, -0.05) is 5.16 Å². The van der Waals surface area contributed by atoms with Crippen LogP contribution >= 0.6 is 7.75 Å². The minimum Gasteiger partial charge on any atom is -0.442 e. The van der Waals surface area contributed by atoms with E-state index in [2.05, 4.69) is 14.2 Å². The standard InChI is InChI=1S/C21H21F3N5O8P/c1-26(2)20(31)37-38(33,34)29(16-5-8-35-25-16)11-13-10-28(21(32)36-13)15-9-14(22)19(18(24)17(15)23)27-6-3-12(30)4-7-27/h3,5-6,8-9,13H,4,7,10-11H2,1-2H3,(H,33,34)/t13-/m1/s1. The number of cyclic esters (lactones) is 1. The molecule has 1 N–H and O–H groups in total. The summed E-state index contributed by atoms with van der Waals surface area (Å²) in [5.41, 5.74) is -1.51. The zero-order chi connectivity index (χ0) is 27.8. The van der Waals surface area contributed by atoms with Gasteiger partial charge in [-0.3, -0.25) is 14.6 Å². The molecule has 2 atom stereocenters.